The van der Waals surface area contributed by atoms with E-state index in [1.165, 1.54) is 47.7 Å². The van der Waals surface area contributed by atoms with Gasteiger partial charge in [0.05, 0.1) is 22.7 Å². The van der Waals surface area contributed by atoms with E-state index in [2.05, 4.69) is 108 Å². The summed E-state index contributed by atoms with van der Waals surface area (Å²) in [6, 6.07) is 40.9. The van der Waals surface area contributed by atoms with Crippen LogP contribution in [-0.2, 0) is 0 Å². The highest BCUT2D eigenvalue weighted by Gasteiger charge is 2.14. The summed E-state index contributed by atoms with van der Waals surface area (Å²) >= 11 is 1.77. The Morgan fingerprint density at radius 3 is 2.15 bits per heavy atom. The highest BCUT2D eigenvalue weighted by molar-refractivity contribution is 7.25. The number of benzene rings is 5. The number of para-hydroxylation sites is 1. The molecule has 0 amide bonds. The van der Waals surface area contributed by atoms with Crippen molar-refractivity contribution in [2.45, 2.75) is 0 Å². The van der Waals surface area contributed by atoms with E-state index >= 15 is 0 Å². The molecule has 0 N–H and O–H groups in total. The molecule has 0 unspecified atom stereocenters. The molecule has 0 saturated carbocycles. The Morgan fingerprint density at radius 2 is 1.29 bits per heavy atom. The van der Waals surface area contributed by atoms with Crippen molar-refractivity contribution in [1.82, 2.24) is 4.57 Å². The molecule has 34 heavy (non-hydrogen) atoms. The van der Waals surface area contributed by atoms with Crippen LogP contribution in [0.1, 0.15) is 5.56 Å². The van der Waals surface area contributed by atoms with Crippen molar-refractivity contribution >= 4 is 53.3 Å². The Balaban J connectivity index is 1.52. The van der Waals surface area contributed by atoms with Crippen LogP contribution in [0.25, 0.3) is 58.8 Å². The van der Waals surface area contributed by atoms with Crippen LogP contribution < -0.4 is 0 Å². The van der Waals surface area contributed by atoms with Crippen LogP contribution in [-0.4, -0.2) is 4.57 Å². The minimum Gasteiger partial charge on any atom is -0.309 e. The fraction of sp³-hybridized carbons (Fsp3) is 0. The molecule has 0 atom stereocenters. The average molecular weight is 451 g/mol. The zero-order chi connectivity index (χ0) is 22.6. The van der Waals surface area contributed by atoms with Gasteiger partial charge in [0, 0.05) is 36.6 Å². The first-order valence-electron chi connectivity index (χ1n) is 11.3. The van der Waals surface area contributed by atoms with Gasteiger partial charge in [0.2, 0.25) is 0 Å². The van der Waals surface area contributed by atoms with Gasteiger partial charge in [-0.3, -0.25) is 0 Å². The molecule has 0 fully saturated rings. The summed E-state index contributed by atoms with van der Waals surface area (Å²) in [4.78, 5) is 0. The number of hydrogen-bond acceptors (Lipinski definition) is 2. The van der Waals surface area contributed by atoms with Crippen LogP contribution in [0.2, 0.25) is 0 Å². The smallest absolute Gasteiger partial charge is 0.0991 e. The van der Waals surface area contributed by atoms with Crippen LogP contribution in [0.5, 0.6) is 0 Å². The normalized spacial score (nSPS) is 11.5. The summed E-state index contributed by atoms with van der Waals surface area (Å²) in [6.07, 6.45) is 0. The van der Waals surface area contributed by atoms with Gasteiger partial charge >= 0.3 is 0 Å². The number of thiophene rings is 1. The Bertz CT molecular complexity index is 1920. The minimum atomic E-state index is 0.697. The number of nitriles is 1. The number of rotatable bonds is 2. The molecule has 7 rings (SSSR count). The Labute approximate surface area is 200 Å². The maximum atomic E-state index is 9.40. The Kier molecular flexibility index (Phi) is 4.11. The first-order chi connectivity index (χ1) is 16.8. The maximum Gasteiger partial charge on any atom is 0.0991 e. The van der Waals surface area contributed by atoms with Crippen LogP contribution in [0.15, 0.2) is 109 Å². The number of aromatic nitrogens is 1. The van der Waals surface area contributed by atoms with Gasteiger partial charge in [0.25, 0.3) is 0 Å². The molecule has 0 bridgehead atoms. The third kappa shape index (κ3) is 2.80. The van der Waals surface area contributed by atoms with E-state index < -0.39 is 0 Å². The Morgan fingerprint density at radius 1 is 0.559 bits per heavy atom. The SMILES string of the molecule is N#Cc1ccc2sc3ccc(-n4c5ccccc5c5cc(-c6ccccc6)ccc54)cc3c2c1. The van der Waals surface area contributed by atoms with Crippen LogP contribution in [0, 0.1) is 11.3 Å². The zero-order valence-electron chi connectivity index (χ0n) is 18.2. The van der Waals surface area contributed by atoms with E-state index in [0.717, 1.165) is 11.1 Å². The lowest BCUT2D eigenvalue weighted by Gasteiger charge is -2.09. The molecule has 0 aliphatic rings. The van der Waals surface area contributed by atoms with Gasteiger partial charge in [0.15, 0.2) is 0 Å². The lowest BCUT2D eigenvalue weighted by atomic mass is 10.0. The molecule has 2 aromatic heterocycles. The second kappa shape index (κ2) is 7.31. The van der Waals surface area contributed by atoms with Crippen LogP contribution in [0.4, 0.5) is 0 Å². The van der Waals surface area contributed by atoms with E-state index in [9.17, 15) is 5.26 Å². The molecular weight excluding hydrogens is 432 g/mol. The van der Waals surface area contributed by atoms with Gasteiger partial charge in [-0.05, 0) is 65.7 Å². The lowest BCUT2D eigenvalue weighted by Crippen LogP contribution is -1.93. The van der Waals surface area contributed by atoms with E-state index in [-0.39, 0.29) is 0 Å². The topological polar surface area (TPSA) is 28.7 Å². The second-order valence-corrected chi connectivity index (χ2v) is 9.64. The van der Waals surface area contributed by atoms with E-state index in [0.29, 0.717) is 5.56 Å². The molecule has 7 aromatic rings. The molecule has 5 aromatic carbocycles. The van der Waals surface area contributed by atoms with Gasteiger partial charge in [-0.15, -0.1) is 11.3 Å². The minimum absolute atomic E-state index is 0.697. The van der Waals surface area contributed by atoms with Crippen molar-refractivity contribution in [3.05, 3.63) is 115 Å². The Hall–Kier alpha value is -4.39. The summed E-state index contributed by atoms with van der Waals surface area (Å²) in [7, 11) is 0. The fourth-order valence-corrected chi connectivity index (χ4v) is 6.10. The van der Waals surface area contributed by atoms with Gasteiger partial charge < -0.3 is 4.57 Å². The highest BCUT2D eigenvalue weighted by Crippen LogP contribution is 2.39. The zero-order valence-corrected chi connectivity index (χ0v) is 19.0. The monoisotopic (exact) mass is 450 g/mol. The molecular formula is C31H18N2S. The third-order valence-electron chi connectivity index (χ3n) is 6.62. The van der Waals surface area contributed by atoms with Crippen molar-refractivity contribution in [3.8, 4) is 22.9 Å². The molecule has 0 radical (unpaired) electrons. The van der Waals surface area contributed by atoms with Crippen molar-refractivity contribution in [1.29, 1.82) is 5.26 Å². The van der Waals surface area contributed by atoms with Crippen molar-refractivity contribution in [2.75, 3.05) is 0 Å². The van der Waals surface area contributed by atoms with E-state index in [4.69, 9.17) is 0 Å². The van der Waals surface area contributed by atoms with Crippen LogP contribution >= 0.6 is 11.3 Å². The summed E-state index contributed by atoms with van der Waals surface area (Å²) in [5.74, 6) is 0. The number of fused-ring (bicyclic) bond motifs is 6. The molecule has 158 valence electrons. The van der Waals surface area contributed by atoms with E-state index in [1.54, 1.807) is 11.3 Å². The van der Waals surface area contributed by atoms with Gasteiger partial charge in [0.1, 0.15) is 0 Å². The van der Waals surface area contributed by atoms with Gasteiger partial charge in [-0.1, -0.05) is 54.6 Å². The molecule has 0 aliphatic carbocycles. The largest absolute Gasteiger partial charge is 0.309 e. The predicted octanol–water partition coefficient (Wildman–Crippen LogP) is 8.69. The second-order valence-electron chi connectivity index (χ2n) is 8.56. The molecule has 2 heterocycles. The average Bonchev–Trinajstić information content (AvgIpc) is 3.43. The molecule has 3 heteroatoms. The number of hydrogen-bond donors (Lipinski definition) is 0. The first-order valence-corrected chi connectivity index (χ1v) is 12.1. The van der Waals surface area contributed by atoms with Crippen molar-refractivity contribution in [3.63, 3.8) is 0 Å². The summed E-state index contributed by atoms with van der Waals surface area (Å²) < 4.78 is 4.80. The summed E-state index contributed by atoms with van der Waals surface area (Å²) in [5, 5.41) is 14.2. The fourth-order valence-electron chi connectivity index (χ4n) is 5.04. The lowest BCUT2D eigenvalue weighted by molar-refractivity contribution is 1.19. The molecule has 0 aliphatic heterocycles. The van der Waals surface area contributed by atoms with Crippen LogP contribution in [0.3, 0.4) is 0 Å². The molecule has 0 spiro atoms. The van der Waals surface area contributed by atoms with Crippen molar-refractivity contribution in [2.24, 2.45) is 0 Å². The quantitative estimate of drug-likeness (QED) is 0.259. The van der Waals surface area contributed by atoms with Gasteiger partial charge in [-0.2, -0.15) is 5.26 Å². The molecule has 0 saturated heterocycles. The first kappa shape index (κ1) is 19.1. The summed E-state index contributed by atoms with van der Waals surface area (Å²) in [6.45, 7) is 0. The maximum absolute atomic E-state index is 9.40. The standard InChI is InChI=1S/C31H18N2S/c32-19-20-10-14-30-26(16-20)27-18-23(12-15-31(27)34-30)33-28-9-5-4-8-24(28)25-17-22(11-13-29(25)33)21-6-2-1-3-7-21/h1-18H. The predicted molar refractivity (Wildman–Crippen MR) is 144 cm³/mol. The van der Waals surface area contributed by atoms with Gasteiger partial charge in [-0.25, -0.2) is 0 Å². The third-order valence-corrected chi connectivity index (χ3v) is 7.77. The van der Waals surface area contributed by atoms with Crippen molar-refractivity contribution < 1.29 is 0 Å². The molecule has 2 nitrogen and oxygen atoms in total. The number of nitrogens with zero attached hydrogens (tertiary/aromatic N) is 2. The summed E-state index contributed by atoms with van der Waals surface area (Å²) in [5.41, 5.74) is 6.66. The highest BCUT2D eigenvalue weighted by atomic mass is 32.1. The van der Waals surface area contributed by atoms with E-state index in [1.807, 2.05) is 12.1 Å².